The number of piperidine rings is 1. The third kappa shape index (κ3) is 5.03. The summed E-state index contributed by atoms with van der Waals surface area (Å²) < 4.78 is 6.17. The second-order valence-electron chi connectivity index (χ2n) is 5.92. The lowest BCUT2D eigenvalue weighted by molar-refractivity contribution is -0.119. The first-order valence-corrected chi connectivity index (χ1v) is 9.84. The Morgan fingerprint density at radius 3 is 2.70 bits per heavy atom. The SMILES string of the molecule is Nc1nnc(SCC(=O)NC2CCN(C3CCOCC3)CC2)s1. The molecule has 1 amide bonds. The van der Waals surface area contributed by atoms with Gasteiger partial charge in [-0.05, 0) is 25.7 Å². The number of amides is 1. The van der Waals surface area contributed by atoms with E-state index >= 15 is 0 Å². The van der Waals surface area contributed by atoms with E-state index in [9.17, 15) is 4.79 Å². The number of carbonyl (C=O) groups is 1. The Balaban J connectivity index is 1.35. The predicted molar refractivity (Wildman–Crippen MR) is 91.6 cm³/mol. The van der Waals surface area contributed by atoms with Crippen LogP contribution >= 0.6 is 23.1 Å². The van der Waals surface area contributed by atoms with Gasteiger partial charge >= 0.3 is 0 Å². The maximum Gasteiger partial charge on any atom is 0.230 e. The predicted octanol–water partition coefficient (Wildman–Crippen LogP) is 0.972. The van der Waals surface area contributed by atoms with Crippen molar-refractivity contribution in [2.24, 2.45) is 0 Å². The van der Waals surface area contributed by atoms with E-state index in [-0.39, 0.29) is 5.91 Å². The molecule has 0 atom stereocenters. The van der Waals surface area contributed by atoms with Gasteiger partial charge in [-0.25, -0.2) is 0 Å². The maximum absolute atomic E-state index is 12.0. The van der Waals surface area contributed by atoms with Crippen LogP contribution in [-0.4, -0.2) is 65.1 Å². The minimum atomic E-state index is 0.0632. The molecule has 128 valence electrons. The highest BCUT2D eigenvalue weighted by molar-refractivity contribution is 8.01. The summed E-state index contributed by atoms with van der Waals surface area (Å²) in [6.07, 6.45) is 4.33. The molecule has 2 fully saturated rings. The normalized spacial score (nSPS) is 21.4. The van der Waals surface area contributed by atoms with Crippen LogP contribution in [0.3, 0.4) is 0 Å². The molecule has 3 heterocycles. The Morgan fingerprint density at radius 2 is 2.04 bits per heavy atom. The van der Waals surface area contributed by atoms with Crippen LogP contribution in [0.25, 0.3) is 0 Å². The zero-order valence-corrected chi connectivity index (χ0v) is 14.7. The molecule has 3 N–H and O–H groups in total. The van der Waals surface area contributed by atoms with E-state index < -0.39 is 0 Å². The molecule has 0 bridgehead atoms. The number of carbonyl (C=O) groups excluding carboxylic acids is 1. The van der Waals surface area contributed by atoms with Gasteiger partial charge in [0.25, 0.3) is 0 Å². The number of nitrogens with zero attached hydrogens (tertiary/aromatic N) is 3. The number of likely N-dealkylation sites (tertiary alicyclic amines) is 1. The van der Waals surface area contributed by atoms with Gasteiger partial charge in [0.2, 0.25) is 11.0 Å². The summed E-state index contributed by atoms with van der Waals surface area (Å²) in [5.74, 6) is 0.433. The van der Waals surface area contributed by atoms with Crippen molar-refractivity contribution in [2.75, 3.05) is 37.8 Å². The van der Waals surface area contributed by atoms with Crippen LogP contribution in [-0.2, 0) is 9.53 Å². The Hall–Kier alpha value is -0.900. The van der Waals surface area contributed by atoms with Crippen LogP contribution < -0.4 is 11.1 Å². The van der Waals surface area contributed by atoms with Gasteiger partial charge in [-0.15, -0.1) is 10.2 Å². The van der Waals surface area contributed by atoms with Gasteiger partial charge in [0, 0.05) is 38.4 Å². The fourth-order valence-electron chi connectivity index (χ4n) is 3.13. The van der Waals surface area contributed by atoms with Crippen molar-refractivity contribution in [2.45, 2.75) is 42.1 Å². The van der Waals surface area contributed by atoms with Gasteiger partial charge in [-0.2, -0.15) is 0 Å². The molecule has 0 radical (unpaired) electrons. The molecule has 0 aromatic carbocycles. The topological polar surface area (TPSA) is 93.4 Å². The number of thioether (sulfide) groups is 1. The van der Waals surface area contributed by atoms with Crippen LogP contribution in [0.4, 0.5) is 5.13 Å². The van der Waals surface area contributed by atoms with E-state index in [1.807, 2.05) is 0 Å². The minimum absolute atomic E-state index is 0.0632. The highest BCUT2D eigenvalue weighted by Crippen LogP contribution is 2.23. The lowest BCUT2D eigenvalue weighted by Gasteiger charge is -2.39. The van der Waals surface area contributed by atoms with E-state index in [2.05, 4.69) is 20.4 Å². The molecule has 7 nitrogen and oxygen atoms in total. The lowest BCUT2D eigenvalue weighted by atomic mass is 10.00. The average Bonchev–Trinajstić information content (AvgIpc) is 3.00. The van der Waals surface area contributed by atoms with E-state index in [4.69, 9.17) is 10.5 Å². The van der Waals surface area contributed by atoms with Crippen molar-refractivity contribution in [1.82, 2.24) is 20.4 Å². The molecular weight excluding hydrogens is 334 g/mol. The summed E-state index contributed by atoms with van der Waals surface area (Å²) in [5, 5.41) is 11.2. The van der Waals surface area contributed by atoms with Crippen molar-refractivity contribution in [1.29, 1.82) is 0 Å². The molecule has 0 aliphatic carbocycles. The van der Waals surface area contributed by atoms with Crippen molar-refractivity contribution >= 4 is 34.1 Å². The zero-order valence-electron chi connectivity index (χ0n) is 13.1. The number of rotatable bonds is 5. The summed E-state index contributed by atoms with van der Waals surface area (Å²) in [4.78, 5) is 14.6. The van der Waals surface area contributed by atoms with Crippen LogP contribution in [0.2, 0.25) is 0 Å². The summed E-state index contributed by atoms with van der Waals surface area (Å²) in [6, 6.07) is 0.956. The molecule has 1 aromatic heterocycles. The number of nitrogens with one attached hydrogen (secondary N) is 1. The first-order valence-electron chi connectivity index (χ1n) is 8.03. The number of nitrogens with two attached hydrogens (primary N) is 1. The summed E-state index contributed by atoms with van der Waals surface area (Å²) in [5.41, 5.74) is 5.53. The second-order valence-corrected chi connectivity index (χ2v) is 8.15. The number of hydrogen-bond donors (Lipinski definition) is 2. The first kappa shape index (κ1) is 16.9. The third-order valence-electron chi connectivity index (χ3n) is 4.35. The Morgan fingerprint density at radius 1 is 1.30 bits per heavy atom. The quantitative estimate of drug-likeness (QED) is 0.759. The van der Waals surface area contributed by atoms with Gasteiger partial charge in [0.05, 0.1) is 5.75 Å². The molecule has 0 unspecified atom stereocenters. The summed E-state index contributed by atoms with van der Waals surface area (Å²) in [6.45, 7) is 3.90. The van der Waals surface area contributed by atoms with Gasteiger partial charge in [0.1, 0.15) is 0 Å². The van der Waals surface area contributed by atoms with Crippen molar-refractivity contribution in [3.8, 4) is 0 Å². The Kier molecular flexibility index (Phi) is 6.09. The fourth-order valence-corrected chi connectivity index (χ4v) is 4.58. The number of ether oxygens (including phenoxy) is 1. The smallest absolute Gasteiger partial charge is 0.230 e. The molecule has 3 rings (SSSR count). The van der Waals surface area contributed by atoms with Crippen molar-refractivity contribution < 1.29 is 9.53 Å². The zero-order chi connectivity index (χ0) is 16.1. The average molecular weight is 358 g/mol. The number of aromatic nitrogens is 2. The van der Waals surface area contributed by atoms with Crippen LogP contribution in [0.5, 0.6) is 0 Å². The van der Waals surface area contributed by atoms with Crippen LogP contribution in [0.15, 0.2) is 4.34 Å². The molecule has 9 heteroatoms. The standard InChI is InChI=1S/C14H23N5O2S2/c15-13-17-18-14(23-13)22-9-12(20)16-10-1-5-19(6-2-10)11-3-7-21-8-4-11/h10-11H,1-9H2,(H2,15,17)(H,16,20). The molecule has 2 aliphatic heterocycles. The molecule has 0 spiro atoms. The van der Waals surface area contributed by atoms with Gasteiger partial charge in [-0.3, -0.25) is 4.79 Å². The molecular formula is C14H23N5O2S2. The largest absolute Gasteiger partial charge is 0.381 e. The Bertz CT molecular complexity index is 513. The van der Waals surface area contributed by atoms with E-state index in [1.54, 1.807) is 0 Å². The summed E-state index contributed by atoms with van der Waals surface area (Å²) >= 11 is 2.70. The molecule has 0 saturated carbocycles. The summed E-state index contributed by atoms with van der Waals surface area (Å²) in [7, 11) is 0. The van der Waals surface area contributed by atoms with Gasteiger partial charge in [-0.1, -0.05) is 23.1 Å². The molecule has 23 heavy (non-hydrogen) atoms. The molecule has 2 aliphatic rings. The molecule has 2 saturated heterocycles. The lowest BCUT2D eigenvalue weighted by Crippen LogP contribution is -2.49. The third-order valence-corrected chi connectivity index (χ3v) is 6.24. The minimum Gasteiger partial charge on any atom is -0.381 e. The first-order chi connectivity index (χ1) is 11.2. The van der Waals surface area contributed by atoms with Crippen molar-refractivity contribution in [3.05, 3.63) is 0 Å². The fraction of sp³-hybridized carbons (Fsp3) is 0.786. The highest BCUT2D eigenvalue weighted by atomic mass is 32.2. The number of nitrogen functional groups attached to an aromatic ring is 1. The van der Waals surface area contributed by atoms with Gasteiger partial charge < -0.3 is 20.7 Å². The highest BCUT2D eigenvalue weighted by Gasteiger charge is 2.27. The number of anilines is 1. The van der Waals surface area contributed by atoms with Crippen LogP contribution in [0.1, 0.15) is 25.7 Å². The molecule has 1 aromatic rings. The monoisotopic (exact) mass is 357 g/mol. The maximum atomic E-state index is 12.0. The van der Waals surface area contributed by atoms with Gasteiger partial charge in [0.15, 0.2) is 4.34 Å². The van der Waals surface area contributed by atoms with E-state index in [1.165, 1.54) is 23.1 Å². The second kappa shape index (κ2) is 8.27. The number of hydrogen-bond acceptors (Lipinski definition) is 8. The Labute approximate surface area is 144 Å². The van der Waals surface area contributed by atoms with E-state index in [0.717, 1.165) is 56.3 Å². The van der Waals surface area contributed by atoms with Crippen molar-refractivity contribution in [3.63, 3.8) is 0 Å². The van der Waals surface area contributed by atoms with E-state index in [0.29, 0.717) is 23.0 Å². The van der Waals surface area contributed by atoms with Crippen LogP contribution in [0, 0.1) is 0 Å².